The third kappa shape index (κ3) is 3.42. The summed E-state index contributed by atoms with van der Waals surface area (Å²) in [6.07, 6.45) is 2.00. The fourth-order valence-electron chi connectivity index (χ4n) is 3.03. The summed E-state index contributed by atoms with van der Waals surface area (Å²) in [6.45, 7) is 4.06. The molecular weight excluding hydrogens is 390 g/mol. The first kappa shape index (κ1) is 19.0. The number of sulfonamides is 1. The first-order chi connectivity index (χ1) is 12.4. The fraction of sp³-hybridized carbons (Fsp3) is 0.412. The lowest BCUT2D eigenvalue weighted by molar-refractivity contribution is -0.120. The Morgan fingerprint density at radius 3 is 2.81 bits per heavy atom. The highest BCUT2D eigenvalue weighted by atomic mass is 32.2. The molecule has 2 aromatic heterocycles. The first-order valence-corrected chi connectivity index (χ1v) is 11.4. The average molecular weight is 410 g/mol. The van der Waals surface area contributed by atoms with E-state index in [0.29, 0.717) is 23.5 Å². The Hall–Kier alpha value is -1.73. The van der Waals surface area contributed by atoms with Crippen LogP contribution < -0.4 is 5.32 Å². The maximum atomic E-state index is 12.9. The normalized spacial score (nSPS) is 18.4. The van der Waals surface area contributed by atoms with Crippen LogP contribution in [0.5, 0.6) is 0 Å². The zero-order chi connectivity index (χ0) is 18.9. The lowest BCUT2D eigenvalue weighted by Crippen LogP contribution is -2.49. The summed E-state index contributed by atoms with van der Waals surface area (Å²) >= 11 is 2.49. The van der Waals surface area contributed by atoms with Gasteiger partial charge in [-0.2, -0.15) is 9.57 Å². The van der Waals surface area contributed by atoms with Crippen molar-refractivity contribution < 1.29 is 13.2 Å². The highest BCUT2D eigenvalue weighted by Crippen LogP contribution is 2.33. The van der Waals surface area contributed by atoms with Gasteiger partial charge in [0.2, 0.25) is 5.91 Å². The third-order valence-electron chi connectivity index (χ3n) is 4.55. The van der Waals surface area contributed by atoms with E-state index in [1.165, 1.54) is 15.6 Å². The Kier molecular flexibility index (Phi) is 5.48. The van der Waals surface area contributed by atoms with Crippen LogP contribution in [0.3, 0.4) is 0 Å². The van der Waals surface area contributed by atoms with Crippen molar-refractivity contribution in [3.05, 3.63) is 33.5 Å². The van der Waals surface area contributed by atoms with Crippen LogP contribution in [0.25, 0.3) is 0 Å². The van der Waals surface area contributed by atoms with Gasteiger partial charge in [-0.25, -0.2) is 8.42 Å². The summed E-state index contributed by atoms with van der Waals surface area (Å²) in [5, 5.41) is 14.3. The van der Waals surface area contributed by atoms with Gasteiger partial charge >= 0.3 is 0 Å². The van der Waals surface area contributed by atoms with Crippen molar-refractivity contribution in [3.8, 4) is 6.07 Å². The SMILES string of the molecule is Cc1sc(NC(=O)[C@@H]2CCCCN2S(=O)(=O)c2cccs2)c(C#N)c1C. The van der Waals surface area contributed by atoms with Gasteiger partial charge < -0.3 is 5.32 Å². The first-order valence-electron chi connectivity index (χ1n) is 8.22. The number of carbonyl (C=O) groups excluding carboxylic acids is 1. The zero-order valence-corrected chi connectivity index (χ0v) is 16.9. The molecule has 0 saturated carbocycles. The number of thiophene rings is 2. The van der Waals surface area contributed by atoms with Gasteiger partial charge in [0.25, 0.3) is 10.0 Å². The molecule has 1 aliphatic rings. The van der Waals surface area contributed by atoms with Crippen molar-refractivity contribution in [2.45, 2.75) is 43.4 Å². The number of carbonyl (C=O) groups is 1. The van der Waals surface area contributed by atoms with Crippen molar-refractivity contribution in [3.63, 3.8) is 0 Å². The lowest BCUT2D eigenvalue weighted by atomic mass is 10.0. The Labute approximate surface area is 161 Å². The number of anilines is 1. The van der Waals surface area contributed by atoms with Crippen LogP contribution in [0, 0.1) is 25.2 Å². The van der Waals surface area contributed by atoms with Gasteiger partial charge in [0.05, 0.1) is 5.56 Å². The quantitative estimate of drug-likeness (QED) is 0.837. The second kappa shape index (κ2) is 7.48. The molecule has 26 heavy (non-hydrogen) atoms. The van der Waals surface area contributed by atoms with Gasteiger partial charge in [0.15, 0.2) is 0 Å². The predicted molar refractivity (Wildman–Crippen MR) is 103 cm³/mol. The van der Waals surface area contributed by atoms with Crippen molar-refractivity contribution in [2.24, 2.45) is 0 Å². The molecule has 9 heteroatoms. The molecule has 0 aliphatic carbocycles. The number of rotatable bonds is 4. The number of aryl methyl sites for hydroxylation is 1. The van der Waals surface area contributed by atoms with E-state index in [2.05, 4.69) is 11.4 Å². The molecule has 0 bridgehead atoms. The van der Waals surface area contributed by atoms with Gasteiger partial charge in [-0.3, -0.25) is 4.79 Å². The molecule has 1 N–H and O–H groups in total. The van der Waals surface area contributed by atoms with Crippen LogP contribution in [-0.4, -0.2) is 31.2 Å². The Balaban J connectivity index is 1.88. The summed E-state index contributed by atoms with van der Waals surface area (Å²) in [5.41, 5.74) is 1.30. The van der Waals surface area contributed by atoms with Crippen LogP contribution in [0.2, 0.25) is 0 Å². The molecule has 6 nitrogen and oxygen atoms in total. The summed E-state index contributed by atoms with van der Waals surface area (Å²) < 4.78 is 27.4. The van der Waals surface area contributed by atoms with Crippen molar-refractivity contribution in [1.29, 1.82) is 5.26 Å². The number of hydrogen-bond acceptors (Lipinski definition) is 6. The third-order valence-corrected chi connectivity index (χ3v) is 8.95. The van der Waals surface area contributed by atoms with E-state index >= 15 is 0 Å². The summed E-state index contributed by atoms with van der Waals surface area (Å²) in [6, 6.07) is 4.61. The van der Waals surface area contributed by atoms with E-state index in [-0.39, 0.29) is 10.1 Å². The number of nitrogens with zero attached hydrogens (tertiary/aromatic N) is 2. The topological polar surface area (TPSA) is 90.3 Å². The lowest BCUT2D eigenvalue weighted by Gasteiger charge is -2.33. The minimum Gasteiger partial charge on any atom is -0.315 e. The second-order valence-corrected chi connectivity index (χ2v) is 10.4. The molecule has 3 rings (SSSR count). The van der Waals surface area contributed by atoms with Gasteiger partial charge in [0, 0.05) is 11.4 Å². The summed E-state index contributed by atoms with van der Waals surface area (Å²) in [4.78, 5) is 13.8. The number of nitrogens with one attached hydrogen (secondary N) is 1. The Bertz CT molecular complexity index is 956. The van der Waals surface area contributed by atoms with Gasteiger partial charge in [-0.15, -0.1) is 22.7 Å². The van der Waals surface area contributed by atoms with E-state index in [4.69, 9.17) is 0 Å². The summed E-state index contributed by atoms with van der Waals surface area (Å²) in [7, 11) is -3.69. The molecule has 138 valence electrons. The van der Waals surface area contributed by atoms with Gasteiger partial charge in [-0.05, 0) is 43.7 Å². The standard InChI is InChI=1S/C17H19N3O3S3/c1-11-12(2)25-17(13(11)10-18)19-16(21)14-6-3-4-8-20(14)26(22,23)15-7-5-9-24-15/h5,7,9,14H,3-4,6,8H2,1-2H3,(H,19,21)/t14-/m0/s1. The van der Waals surface area contributed by atoms with Crippen molar-refractivity contribution in [1.82, 2.24) is 4.31 Å². The molecule has 0 aromatic carbocycles. The largest absolute Gasteiger partial charge is 0.315 e. The van der Waals surface area contributed by atoms with Gasteiger partial charge in [0.1, 0.15) is 21.3 Å². The van der Waals surface area contributed by atoms with Crippen LogP contribution in [0.4, 0.5) is 5.00 Å². The predicted octanol–water partition coefficient (Wildman–Crippen LogP) is 3.48. The van der Waals surface area contributed by atoms with E-state index in [1.54, 1.807) is 17.5 Å². The zero-order valence-electron chi connectivity index (χ0n) is 14.5. The van der Waals surface area contributed by atoms with Crippen LogP contribution in [0.15, 0.2) is 21.7 Å². The second-order valence-electron chi connectivity index (χ2n) is 6.15. The number of nitriles is 1. The fourth-order valence-corrected chi connectivity index (χ4v) is 6.82. The highest BCUT2D eigenvalue weighted by Gasteiger charge is 2.38. The van der Waals surface area contributed by atoms with Crippen LogP contribution in [0.1, 0.15) is 35.3 Å². The molecular formula is C17H19N3O3S3. The highest BCUT2D eigenvalue weighted by molar-refractivity contribution is 7.91. The average Bonchev–Trinajstić information content (AvgIpc) is 3.25. The molecule has 1 amide bonds. The molecule has 0 spiro atoms. The van der Waals surface area contributed by atoms with Gasteiger partial charge in [-0.1, -0.05) is 12.5 Å². The van der Waals surface area contributed by atoms with Crippen molar-refractivity contribution in [2.75, 3.05) is 11.9 Å². The monoisotopic (exact) mass is 409 g/mol. The number of piperidine rings is 1. The molecule has 1 fully saturated rings. The summed E-state index contributed by atoms with van der Waals surface area (Å²) in [5.74, 6) is -0.373. The van der Waals surface area contributed by atoms with E-state index in [1.807, 2.05) is 13.8 Å². The Morgan fingerprint density at radius 2 is 2.15 bits per heavy atom. The molecule has 1 aliphatic heterocycles. The maximum Gasteiger partial charge on any atom is 0.253 e. The molecule has 1 saturated heterocycles. The maximum absolute atomic E-state index is 12.9. The molecule has 3 heterocycles. The van der Waals surface area contributed by atoms with E-state index in [0.717, 1.165) is 34.6 Å². The van der Waals surface area contributed by atoms with E-state index in [9.17, 15) is 18.5 Å². The molecule has 0 unspecified atom stereocenters. The molecule has 2 aromatic rings. The molecule has 0 radical (unpaired) electrons. The smallest absolute Gasteiger partial charge is 0.253 e. The van der Waals surface area contributed by atoms with Crippen LogP contribution in [-0.2, 0) is 14.8 Å². The minimum atomic E-state index is -3.69. The molecule has 1 atom stereocenters. The number of amides is 1. The van der Waals surface area contributed by atoms with E-state index < -0.39 is 16.1 Å². The Morgan fingerprint density at radius 1 is 1.38 bits per heavy atom. The van der Waals surface area contributed by atoms with Crippen molar-refractivity contribution >= 4 is 43.6 Å². The van der Waals surface area contributed by atoms with Crippen LogP contribution >= 0.6 is 22.7 Å². The number of hydrogen-bond donors (Lipinski definition) is 1. The minimum absolute atomic E-state index is 0.248.